The van der Waals surface area contributed by atoms with Crippen molar-refractivity contribution in [2.75, 3.05) is 26.7 Å². The minimum absolute atomic E-state index is 0.190. The van der Waals surface area contributed by atoms with Gasteiger partial charge in [0.25, 0.3) is 0 Å². The molecule has 0 aliphatic carbocycles. The van der Waals surface area contributed by atoms with Crippen LogP contribution in [0.15, 0.2) is 18.2 Å². The van der Waals surface area contributed by atoms with E-state index in [9.17, 15) is 4.39 Å². The molecule has 2 atom stereocenters. The van der Waals surface area contributed by atoms with E-state index in [0.29, 0.717) is 12.2 Å². The lowest BCUT2D eigenvalue weighted by molar-refractivity contribution is 0.0153. The number of hydrogen-bond acceptors (Lipinski definition) is 3. The van der Waals surface area contributed by atoms with Crippen molar-refractivity contribution in [3.63, 3.8) is 0 Å². The number of likely N-dealkylation sites (tertiary alicyclic amines) is 1. The Kier molecular flexibility index (Phi) is 6.50. The second-order valence-electron chi connectivity index (χ2n) is 7.17. The Hall–Kier alpha value is -1.13. The number of ether oxygens (including phenoxy) is 2. The summed E-state index contributed by atoms with van der Waals surface area (Å²) in [4.78, 5) is 2.56. The number of nitrogens with zero attached hydrogens (tertiary/aromatic N) is 1. The van der Waals surface area contributed by atoms with Crippen LogP contribution in [0.1, 0.15) is 50.5 Å². The number of aryl methyl sites for hydroxylation is 1. The largest absolute Gasteiger partial charge is 0.496 e. The molecule has 0 radical (unpaired) electrons. The van der Waals surface area contributed by atoms with E-state index < -0.39 is 0 Å². The molecule has 3 rings (SSSR count). The van der Waals surface area contributed by atoms with E-state index in [1.54, 1.807) is 19.2 Å². The standard InChI is InChI=1S/C20H30FNO2/c1-23-20-11-8-17(21)14-16(20)6-5-7-18-9-10-19(24-18)15-22-12-3-2-4-13-22/h8,11,14,18-19H,2-7,9-10,12-13,15H2,1H3/t18-,19+/m0/s1. The minimum atomic E-state index is -0.190. The third-order valence-corrected chi connectivity index (χ3v) is 5.32. The van der Waals surface area contributed by atoms with E-state index in [2.05, 4.69) is 4.90 Å². The highest BCUT2D eigenvalue weighted by atomic mass is 19.1. The van der Waals surface area contributed by atoms with E-state index in [1.807, 2.05) is 0 Å². The fourth-order valence-electron chi connectivity index (χ4n) is 4.02. The molecule has 2 fully saturated rings. The Morgan fingerprint density at radius 2 is 1.96 bits per heavy atom. The highest BCUT2D eigenvalue weighted by Gasteiger charge is 2.27. The molecular weight excluding hydrogens is 305 g/mol. The second kappa shape index (κ2) is 8.82. The van der Waals surface area contributed by atoms with Crippen LogP contribution in [0.2, 0.25) is 0 Å². The van der Waals surface area contributed by atoms with Crippen LogP contribution in [0.4, 0.5) is 4.39 Å². The normalized spacial score (nSPS) is 25.1. The number of methoxy groups -OCH3 is 1. The van der Waals surface area contributed by atoms with E-state index in [0.717, 1.165) is 37.1 Å². The first-order valence-electron chi connectivity index (χ1n) is 9.45. The lowest BCUT2D eigenvalue weighted by Gasteiger charge is -2.28. The summed E-state index contributed by atoms with van der Waals surface area (Å²) in [5.74, 6) is 0.594. The summed E-state index contributed by atoms with van der Waals surface area (Å²) in [7, 11) is 1.64. The van der Waals surface area contributed by atoms with E-state index in [1.165, 1.54) is 51.3 Å². The summed E-state index contributed by atoms with van der Waals surface area (Å²) in [5, 5.41) is 0. The van der Waals surface area contributed by atoms with Crippen molar-refractivity contribution in [3.8, 4) is 5.75 Å². The second-order valence-corrected chi connectivity index (χ2v) is 7.17. The van der Waals surface area contributed by atoms with Crippen LogP contribution in [0, 0.1) is 5.82 Å². The number of halogens is 1. The van der Waals surface area contributed by atoms with Crippen molar-refractivity contribution in [1.29, 1.82) is 0 Å². The van der Waals surface area contributed by atoms with E-state index >= 15 is 0 Å². The Bertz CT molecular complexity index is 516. The molecule has 1 aromatic rings. The van der Waals surface area contributed by atoms with Gasteiger partial charge < -0.3 is 14.4 Å². The number of rotatable bonds is 7. The molecule has 1 aromatic carbocycles. The van der Waals surface area contributed by atoms with Gasteiger partial charge >= 0.3 is 0 Å². The predicted octanol–water partition coefficient (Wildman–Crippen LogP) is 4.19. The van der Waals surface area contributed by atoms with E-state index in [4.69, 9.17) is 9.47 Å². The Morgan fingerprint density at radius 1 is 1.17 bits per heavy atom. The van der Waals surface area contributed by atoms with Crippen LogP contribution in [0.5, 0.6) is 5.75 Å². The zero-order valence-corrected chi connectivity index (χ0v) is 14.8. The van der Waals surface area contributed by atoms with Gasteiger partial charge in [0.15, 0.2) is 0 Å². The topological polar surface area (TPSA) is 21.7 Å². The summed E-state index contributed by atoms with van der Waals surface area (Å²) in [6.45, 7) is 3.59. The first-order valence-corrected chi connectivity index (χ1v) is 9.45. The van der Waals surface area contributed by atoms with Crippen molar-refractivity contribution < 1.29 is 13.9 Å². The first-order chi connectivity index (χ1) is 11.7. The fourth-order valence-corrected chi connectivity index (χ4v) is 4.02. The SMILES string of the molecule is COc1ccc(F)cc1CCC[C@H]1CC[C@H](CN2CCCCC2)O1. The Morgan fingerprint density at radius 3 is 2.75 bits per heavy atom. The summed E-state index contributed by atoms with van der Waals surface area (Å²) in [6.07, 6.45) is 10.1. The van der Waals surface area contributed by atoms with Crippen molar-refractivity contribution in [1.82, 2.24) is 4.90 Å². The zero-order valence-electron chi connectivity index (χ0n) is 14.8. The Balaban J connectivity index is 1.39. The molecule has 2 aliphatic rings. The van der Waals surface area contributed by atoms with Gasteiger partial charge in [-0.25, -0.2) is 4.39 Å². The van der Waals surface area contributed by atoms with Gasteiger partial charge in [0, 0.05) is 6.54 Å². The molecule has 3 nitrogen and oxygen atoms in total. The van der Waals surface area contributed by atoms with Crippen molar-refractivity contribution in [3.05, 3.63) is 29.6 Å². The van der Waals surface area contributed by atoms with Crippen LogP contribution in [0.3, 0.4) is 0 Å². The predicted molar refractivity (Wildman–Crippen MR) is 94.1 cm³/mol. The average Bonchev–Trinajstić information content (AvgIpc) is 3.03. The molecule has 0 unspecified atom stereocenters. The smallest absolute Gasteiger partial charge is 0.123 e. The van der Waals surface area contributed by atoms with Crippen LogP contribution in [-0.2, 0) is 11.2 Å². The molecule has 4 heteroatoms. The molecule has 24 heavy (non-hydrogen) atoms. The molecule has 2 aliphatic heterocycles. The average molecular weight is 335 g/mol. The third-order valence-electron chi connectivity index (χ3n) is 5.32. The highest BCUT2D eigenvalue weighted by molar-refractivity contribution is 5.33. The zero-order chi connectivity index (χ0) is 16.8. The van der Waals surface area contributed by atoms with Crippen molar-refractivity contribution in [2.45, 2.75) is 63.6 Å². The van der Waals surface area contributed by atoms with Crippen LogP contribution < -0.4 is 4.74 Å². The number of hydrogen-bond donors (Lipinski definition) is 0. The Labute approximate surface area is 145 Å². The number of benzene rings is 1. The lowest BCUT2D eigenvalue weighted by atomic mass is 10.0. The molecule has 0 spiro atoms. The van der Waals surface area contributed by atoms with Gasteiger partial charge in [-0.05, 0) is 81.8 Å². The molecular formula is C20H30FNO2. The lowest BCUT2D eigenvalue weighted by Crippen LogP contribution is -2.36. The monoisotopic (exact) mass is 335 g/mol. The van der Waals surface area contributed by atoms with Crippen LogP contribution in [0.25, 0.3) is 0 Å². The van der Waals surface area contributed by atoms with Gasteiger partial charge in [-0.15, -0.1) is 0 Å². The van der Waals surface area contributed by atoms with Gasteiger partial charge in [0.05, 0.1) is 19.3 Å². The quantitative estimate of drug-likeness (QED) is 0.746. The van der Waals surface area contributed by atoms with Gasteiger partial charge in [-0.3, -0.25) is 0 Å². The van der Waals surface area contributed by atoms with Crippen LogP contribution in [-0.4, -0.2) is 43.9 Å². The van der Waals surface area contributed by atoms with Crippen molar-refractivity contribution in [2.24, 2.45) is 0 Å². The molecule has 0 saturated carbocycles. The van der Waals surface area contributed by atoms with Crippen molar-refractivity contribution >= 4 is 0 Å². The molecule has 2 saturated heterocycles. The maximum Gasteiger partial charge on any atom is 0.123 e. The molecule has 0 amide bonds. The van der Waals surface area contributed by atoms with Gasteiger partial charge in [0.1, 0.15) is 11.6 Å². The fraction of sp³-hybridized carbons (Fsp3) is 0.700. The molecule has 2 heterocycles. The van der Waals surface area contributed by atoms with Crippen LogP contribution >= 0.6 is 0 Å². The summed E-state index contributed by atoms with van der Waals surface area (Å²) >= 11 is 0. The maximum atomic E-state index is 13.4. The van der Waals surface area contributed by atoms with Gasteiger partial charge in [-0.1, -0.05) is 6.42 Å². The highest BCUT2D eigenvalue weighted by Crippen LogP contribution is 2.27. The molecule has 134 valence electrons. The first kappa shape index (κ1) is 17.7. The summed E-state index contributed by atoms with van der Waals surface area (Å²) in [6, 6.07) is 4.76. The van der Waals surface area contributed by atoms with Gasteiger partial charge in [-0.2, -0.15) is 0 Å². The molecule has 0 aromatic heterocycles. The van der Waals surface area contributed by atoms with Gasteiger partial charge in [0.2, 0.25) is 0 Å². The van der Waals surface area contributed by atoms with E-state index in [-0.39, 0.29) is 5.82 Å². The number of piperidine rings is 1. The summed E-state index contributed by atoms with van der Waals surface area (Å²) in [5.41, 5.74) is 0.959. The maximum absolute atomic E-state index is 13.4. The summed E-state index contributed by atoms with van der Waals surface area (Å²) < 4.78 is 25.0. The third kappa shape index (κ3) is 4.93. The molecule has 0 N–H and O–H groups in total. The minimum Gasteiger partial charge on any atom is -0.496 e. The molecule has 0 bridgehead atoms.